The monoisotopic (exact) mass is 502 g/mol. The largest absolute Gasteiger partial charge is 0.496 e. The molecule has 1 aliphatic rings. The van der Waals surface area contributed by atoms with Gasteiger partial charge in [0.1, 0.15) is 42.0 Å². The van der Waals surface area contributed by atoms with Crippen LogP contribution in [0.3, 0.4) is 0 Å². The maximum atomic E-state index is 12.3. The van der Waals surface area contributed by atoms with Crippen LogP contribution in [-0.4, -0.2) is 78.6 Å². The molecule has 0 bridgehead atoms. The van der Waals surface area contributed by atoms with Gasteiger partial charge in [-0.25, -0.2) is 4.79 Å². The Hall–Kier alpha value is -1.53. The first-order valence-electron chi connectivity index (χ1n) is 12.5. The summed E-state index contributed by atoms with van der Waals surface area (Å²) in [6.07, 6.45) is 1.86. The minimum Gasteiger partial charge on any atom is -0.496 e. The fourth-order valence-corrected chi connectivity index (χ4v) is 4.32. The Kier molecular flexibility index (Phi) is 13.2. The van der Waals surface area contributed by atoms with Crippen LogP contribution in [0.25, 0.3) is 0 Å². The number of hydrogen-bond acceptors (Lipinski definition) is 10. The lowest BCUT2D eigenvalue weighted by molar-refractivity contribution is -0.317. The van der Waals surface area contributed by atoms with Gasteiger partial charge in [0.05, 0.1) is 19.3 Å². The SMILES string of the molecule is COc1cc([C@H](CCCCCCCCCCO)O[C@@H]2O[C@H](CO)[C@@H](OC)[C@H](O)[C@H]2O)oc(=O)c1C. The van der Waals surface area contributed by atoms with Gasteiger partial charge in [0.15, 0.2) is 6.29 Å². The molecule has 0 aromatic carbocycles. The minimum absolute atomic E-state index is 0.237. The Labute approximate surface area is 206 Å². The van der Waals surface area contributed by atoms with Gasteiger partial charge in [-0.2, -0.15) is 0 Å². The predicted molar refractivity (Wildman–Crippen MR) is 127 cm³/mol. The van der Waals surface area contributed by atoms with E-state index in [1.54, 1.807) is 13.0 Å². The van der Waals surface area contributed by atoms with E-state index in [2.05, 4.69) is 0 Å². The average molecular weight is 503 g/mol. The molecular weight excluding hydrogens is 460 g/mol. The van der Waals surface area contributed by atoms with Crippen LogP contribution in [0, 0.1) is 6.92 Å². The first kappa shape index (κ1) is 29.7. The summed E-state index contributed by atoms with van der Waals surface area (Å²) in [5.74, 6) is 0.603. The number of unbranched alkanes of at least 4 members (excludes halogenated alkanes) is 7. The lowest BCUT2D eigenvalue weighted by Gasteiger charge is -2.42. The van der Waals surface area contributed by atoms with Crippen molar-refractivity contribution in [3.05, 3.63) is 27.8 Å². The van der Waals surface area contributed by atoms with Crippen LogP contribution in [0.4, 0.5) is 0 Å². The van der Waals surface area contributed by atoms with Crippen LogP contribution in [0.5, 0.6) is 5.75 Å². The molecule has 4 N–H and O–H groups in total. The van der Waals surface area contributed by atoms with E-state index in [0.29, 0.717) is 17.7 Å². The lowest BCUT2D eigenvalue weighted by Crippen LogP contribution is -2.59. The first-order chi connectivity index (χ1) is 16.9. The molecule has 1 aromatic heterocycles. The number of rotatable bonds is 16. The second-order valence-electron chi connectivity index (χ2n) is 9.00. The molecule has 2 heterocycles. The number of hydrogen-bond donors (Lipinski definition) is 4. The highest BCUT2D eigenvalue weighted by molar-refractivity contribution is 5.30. The van der Waals surface area contributed by atoms with Crippen LogP contribution in [0.15, 0.2) is 15.3 Å². The van der Waals surface area contributed by atoms with Crippen molar-refractivity contribution in [1.82, 2.24) is 0 Å². The normalized spacial score (nSPS) is 25.5. The standard InChI is InChI=1S/C25H42O10/c1-16-18(31-2)14-19(33-24(16)30)17(12-10-8-6-4-5-7-9-11-13-26)34-25-22(29)21(28)23(32-3)20(15-27)35-25/h14,17,20-23,25-29H,4-13,15H2,1-3H3/t17-,20+,21+,22+,23+,25+/m0/s1. The number of ether oxygens (including phenoxy) is 4. The Morgan fingerprint density at radius 1 is 0.971 bits per heavy atom. The summed E-state index contributed by atoms with van der Waals surface area (Å²) < 4.78 is 27.7. The van der Waals surface area contributed by atoms with Crippen LogP contribution < -0.4 is 10.4 Å². The zero-order chi connectivity index (χ0) is 25.8. The molecule has 10 heteroatoms. The van der Waals surface area contributed by atoms with E-state index in [1.165, 1.54) is 14.2 Å². The molecule has 0 aliphatic carbocycles. The molecule has 0 amide bonds. The minimum atomic E-state index is -1.43. The molecule has 1 saturated heterocycles. The molecule has 202 valence electrons. The van der Waals surface area contributed by atoms with Crippen LogP contribution in [-0.2, 0) is 14.2 Å². The van der Waals surface area contributed by atoms with E-state index >= 15 is 0 Å². The van der Waals surface area contributed by atoms with Gasteiger partial charge >= 0.3 is 5.63 Å². The van der Waals surface area contributed by atoms with Crippen molar-refractivity contribution < 1.29 is 43.8 Å². The number of aliphatic hydroxyl groups excluding tert-OH is 4. The maximum Gasteiger partial charge on any atom is 0.342 e. The third-order valence-electron chi connectivity index (χ3n) is 6.46. The molecule has 2 rings (SSSR count). The van der Waals surface area contributed by atoms with Crippen molar-refractivity contribution in [3.63, 3.8) is 0 Å². The van der Waals surface area contributed by atoms with E-state index in [9.17, 15) is 20.1 Å². The van der Waals surface area contributed by atoms with E-state index < -0.39 is 49.0 Å². The molecule has 10 nitrogen and oxygen atoms in total. The summed E-state index contributed by atoms with van der Waals surface area (Å²) in [6.45, 7) is 1.41. The van der Waals surface area contributed by atoms with Gasteiger partial charge in [-0.05, 0) is 19.8 Å². The Bertz CT molecular complexity index is 780. The van der Waals surface area contributed by atoms with Crippen molar-refractivity contribution in [3.8, 4) is 5.75 Å². The predicted octanol–water partition coefficient (Wildman–Crippen LogP) is 1.97. The van der Waals surface area contributed by atoms with Crippen molar-refractivity contribution in [2.75, 3.05) is 27.4 Å². The van der Waals surface area contributed by atoms with Gasteiger partial charge in [-0.15, -0.1) is 0 Å². The molecule has 1 fully saturated rings. The topological polar surface area (TPSA) is 148 Å². The zero-order valence-electron chi connectivity index (χ0n) is 21.1. The zero-order valence-corrected chi connectivity index (χ0v) is 21.1. The van der Waals surface area contributed by atoms with E-state index in [4.69, 9.17) is 28.5 Å². The highest BCUT2D eigenvalue weighted by atomic mass is 16.7. The highest BCUT2D eigenvalue weighted by Crippen LogP contribution is 2.32. The highest BCUT2D eigenvalue weighted by Gasteiger charge is 2.46. The lowest BCUT2D eigenvalue weighted by atomic mass is 9.98. The summed E-state index contributed by atoms with van der Waals surface area (Å²) in [5, 5.41) is 39.5. The van der Waals surface area contributed by atoms with Crippen LogP contribution in [0.1, 0.15) is 75.2 Å². The molecule has 0 spiro atoms. The summed E-state index contributed by atoms with van der Waals surface area (Å²) in [5.41, 5.74) is -0.211. The fraction of sp³-hybridized carbons (Fsp3) is 0.800. The van der Waals surface area contributed by atoms with Crippen molar-refractivity contribution in [2.24, 2.45) is 0 Å². The third-order valence-corrected chi connectivity index (χ3v) is 6.46. The summed E-state index contributed by atoms with van der Waals surface area (Å²) in [4.78, 5) is 12.3. The van der Waals surface area contributed by atoms with E-state index in [1.807, 2.05) is 0 Å². The quantitative estimate of drug-likeness (QED) is 0.247. The van der Waals surface area contributed by atoms with Crippen molar-refractivity contribution in [1.29, 1.82) is 0 Å². The molecule has 35 heavy (non-hydrogen) atoms. The molecule has 0 saturated carbocycles. The van der Waals surface area contributed by atoms with Crippen LogP contribution in [0.2, 0.25) is 0 Å². The molecule has 1 aliphatic heterocycles. The van der Waals surface area contributed by atoms with Crippen molar-refractivity contribution >= 4 is 0 Å². The molecule has 0 radical (unpaired) electrons. The molecule has 0 unspecified atom stereocenters. The Morgan fingerprint density at radius 2 is 1.60 bits per heavy atom. The smallest absolute Gasteiger partial charge is 0.342 e. The fourth-order valence-electron chi connectivity index (χ4n) is 4.32. The Balaban J connectivity index is 2.08. The number of methoxy groups -OCH3 is 2. The van der Waals surface area contributed by atoms with E-state index in [0.717, 1.165) is 51.4 Å². The molecule has 1 aromatic rings. The second-order valence-corrected chi connectivity index (χ2v) is 9.00. The maximum absolute atomic E-state index is 12.3. The molecular formula is C25H42O10. The summed E-state index contributed by atoms with van der Waals surface area (Å²) >= 11 is 0. The van der Waals surface area contributed by atoms with Gasteiger partial charge in [-0.3, -0.25) is 0 Å². The van der Waals surface area contributed by atoms with Crippen LogP contribution >= 0.6 is 0 Å². The van der Waals surface area contributed by atoms with Gasteiger partial charge in [0.2, 0.25) is 0 Å². The summed E-state index contributed by atoms with van der Waals surface area (Å²) in [6, 6.07) is 1.59. The summed E-state index contributed by atoms with van der Waals surface area (Å²) in [7, 11) is 2.82. The van der Waals surface area contributed by atoms with E-state index in [-0.39, 0.29) is 12.4 Å². The second kappa shape index (κ2) is 15.6. The van der Waals surface area contributed by atoms with Gasteiger partial charge in [0.25, 0.3) is 0 Å². The number of aliphatic hydroxyl groups is 4. The first-order valence-corrected chi connectivity index (χ1v) is 12.5. The molecule has 6 atom stereocenters. The average Bonchev–Trinajstić information content (AvgIpc) is 2.86. The van der Waals surface area contributed by atoms with Crippen molar-refractivity contribution in [2.45, 2.75) is 102 Å². The van der Waals surface area contributed by atoms with Gasteiger partial charge in [0, 0.05) is 19.8 Å². The van der Waals surface area contributed by atoms with Gasteiger partial charge in [-0.1, -0.05) is 44.9 Å². The third kappa shape index (κ3) is 8.52. The van der Waals surface area contributed by atoms with Gasteiger partial charge < -0.3 is 43.8 Å². The Morgan fingerprint density at radius 3 is 2.17 bits per heavy atom.